The summed E-state index contributed by atoms with van der Waals surface area (Å²) < 4.78 is 10.4. The van der Waals surface area contributed by atoms with Gasteiger partial charge in [-0.25, -0.2) is 4.79 Å². The third kappa shape index (κ3) is 7.51. The molecule has 0 aromatic rings. The van der Waals surface area contributed by atoms with Crippen molar-refractivity contribution in [1.29, 1.82) is 0 Å². The van der Waals surface area contributed by atoms with Gasteiger partial charge < -0.3 is 19.9 Å². The van der Waals surface area contributed by atoms with E-state index in [2.05, 4.69) is 5.32 Å². The molecule has 0 aromatic carbocycles. The van der Waals surface area contributed by atoms with Crippen molar-refractivity contribution in [2.75, 3.05) is 0 Å². The molecule has 1 fully saturated rings. The third-order valence-electron chi connectivity index (χ3n) is 4.05. The van der Waals surface area contributed by atoms with Gasteiger partial charge in [-0.05, 0) is 60.3 Å². The van der Waals surface area contributed by atoms with E-state index in [9.17, 15) is 14.7 Å². The van der Waals surface area contributed by atoms with Crippen molar-refractivity contribution in [2.24, 2.45) is 0 Å². The Bertz CT molecular complexity index is 430. The molecular formula is C18H33NO5. The van der Waals surface area contributed by atoms with Crippen molar-refractivity contribution < 1.29 is 24.2 Å². The molecule has 0 radical (unpaired) electrons. The first kappa shape index (κ1) is 20.7. The van der Waals surface area contributed by atoms with Crippen LogP contribution in [0.15, 0.2) is 0 Å². The molecule has 0 aromatic heterocycles. The Morgan fingerprint density at radius 3 is 2.54 bits per heavy atom. The lowest BCUT2D eigenvalue weighted by atomic mass is 9.77. The standard InChI is InChI=1S/C18H33NO5/c1-13(2)23-15(20)10-8-12-18(22)11-7-6-9-14(18)19-16(21)24-17(3,4)5/h13-14,22H,6-12H2,1-5H3,(H,19,21). The maximum Gasteiger partial charge on any atom is 0.407 e. The van der Waals surface area contributed by atoms with Crippen LogP contribution < -0.4 is 5.32 Å². The number of amides is 1. The smallest absolute Gasteiger partial charge is 0.407 e. The Kier molecular flexibility index (Phi) is 7.52. The molecule has 0 heterocycles. The first-order valence-corrected chi connectivity index (χ1v) is 8.93. The fraction of sp³-hybridized carbons (Fsp3) is 0.889. The van der Waals surface area contributed by atoms with E-state index in [4.69, 9.17) is 9.47 Å². The summed E-state index contributed by atoms with van der Waals surface area (Å²) in [6.07, 6.45) is 3.84. The van der Waals surface area contributed by atoms with Crippen molar-refractivity contribution in [3.05, 3.63) is 0 Å². The van der Waals surface area contributed by atoms with Gasteiger partial charge >= 0.3 is 12.1 Å². The Morgan fingerprint density at radius 2 is 1.96 bits per heavy atom. The van der Waals surface area contributed by atoms with Crippen LogP contribution in [-0.4, -0.2) is 40.5 Å². The summed E-state index contributed by atoms with van der Waals surface area (Å²) in [6, 6.07) is -0.345. The van der Waals surface area contributed by atoms with Gasteiger partial charge in [-0.1, -0.05) is 12.8 Å². The fourth-order valence-corrected chi connectivity index (χ4v) is 3.04. The van der Waals surface area contributed by atoms with Crippen molar-refractivity contribution in [1.82, 2.24) is 5.32 Å². The van der Waals surface area contributed by atoms with Crippen LogP contribution in [0.25, 0.3) is 0 Å². The molecule has 140 valence electrons. The first-order valence-electron chi connectivity index (χ1n) is 8.93. The lowest BCUT2D eigenvalue weighted by Gasteiger charge is -2.40. The molecule has 1 aliphatic rings. The molecule has 1 aliphatic carbocycles. The van der Waals surface area contributed by atoms with Gasteiger partial charge in [0, 0.05) is 6.42 Å². The van der Waals surface area contributed by atoms with E-state index in [0.717, 1.165) is 12.8 Å². The Balaban J connectivity index is 2.54. The highest BCUT2D eigenvalue weighted by atomic mass is 16.6. The predicted octanol–water partition coefficient (Wildman–Crippen LogP) is 3.31. The minimum Gasteiger partial charge on any atom is -0.463 e. The van der Waals surface area contributed by atoms with Crippen LogP contribution in [0.1, 0.15) is 79.6 Å². The summed E-state index contributed by atoms with van der Waals surface area (Å²) in [4.78, 5) is 23.6. The number of carbonyl (C=O) groups excluding carboxylic acids is 2. The molecule has 0 bridgehead atoms. The quantitative estimate of drug-likeness (QED) is 0.723. The van der Waals surface area contributed by atoms with Crippen LogP contribution >= 0.6 is 0 Å². The van der Waals surface area contributed by atoms with Gasteiger partial charge in [-0.3, -0.25) is 4.79 Å². The number of nitrogens with one attached hydrogen (secondary N) is 1. The second kappa shape index (κ2) is 8.70. The number of alkyl carbamates (subject to hydrolysis) is 1. The van der Waals surface area contributed by atoms with Gasteiger partial charge in [-0.15, -0.1) is 0 Å². The SMILES string of the molecule is CC(C)OC(=O)CCCC1(O)CCCCC1NC(=O)OC(C)(C)C. The second-order valence-corrected chi connectivity index (χ2v) is 7.94. The van der Waals surface area contributed by atoms with Crippen molar-refractivity contribution in [3.63, 3.8) is 0 Å². The highest BCUT2D eigenvalue weighted by molar-refractivity contribution is 5.69. The van der Waals surface area contributed by atoms with Crippen molar-refractivity contribution in [2.45, 2.75) is 103 Å². The maximum atomic E-state index is 12.0. The van der Waals surface area contributed by atoms with Gasteiger partial charge in [0.15, 0.2) is 0 Å². The zero-order valence-electron chi connectivity index (χ0n) is 15.7. The maximum absolute atomic E-state index is 12.0. The molecule has 2 N–H and O–H groups in total. The van der Waals surface area contributed by atoms with Gasteiger partial charge in [0.05, 0.1) is 17.7 Å². The van der Waals surface area contributed by atoms with Crippen LogP contribution in [0.4, 0.5) is 4.79 Å². The molecule has 2 atom stereocenters. The minimum atomic E-state index is -0.993. The van der Waals surface area contributed by atoms with Gasteiger partial charge in [0.2, 0.25) is 0 Å². The second-order valence-electron chi connectivity index (χ2n) is 7.94. The Hall–Kier alpha value is -1.30. The average molecular weight is 343 g/mol. The molecule has 6 heteroatoms. The van der Waals surface area contributed by atoms with E-state index in [0.29, 0.717) is 25.7 Å². The molecule has 24 heavy (non-hydrogen) atoms. The summed E-state index contributed by atoms with van der Waals surface area (Å²) in [5.41, 5.74) is -1.56. The van der Waals surface area contributed by atoms with E-state index >= 15 is 0 Å². The number of ether oxygens (including phenoxy) is 2. The van der Waals surface area contributed by atoms with Gasteiger partial charge in [0.25, 0.3) is 0 Å². The summed E-state index contributed by atoms with van der Waals surface area (Å²) >= 11 is 0. The van der Waals surface area contributed by atoms with Crippen LogP contribution in [-0.2, 0) is 14.3 Å². The van der Waals surface area contributed by atoms with Crippen molar-refractivity contribution >= 4 is 12.1 Å². The number of carbonyl (C=O) groups is 2. The van der Waals surface area contributed by atoms with E-state index in [-0.39, 0.29) is 24.5 Å². The largest absolute Gasteiger partial charge is 0.463 e. The van der Waals surface area contributed by atoms with E-state index in [1.165, 1.54) is 0 Å². The number of aliphatic hydroxyl groups is 1. The normalized spacial score (nSPS) is 24.5. The molecule has 2 unspecified atom stereocenters. The molecule has 0 aliphatic heterocycles. The van der Waals surface area contributed by atoms with Crippen LogP contribution in [0.5, 0.6) is 0 Å². The molecule has 0 spiro atoms. The van der Waals surface area contributed by atoms with E-state index in [1.807, 2.05) is 13.8 Å². The number of hydrogen-bond acceptors (Lipinski definition) is 5. The Morgan fingerprint density at radius 1 is 1.29 bits per heavy atom. The molecule has 1 amide bonds. The first-order chi connectivity index (χ1) is 11.0. The molecule has 1 rings (SSSR count). The predicted molar refractivity (Wildman–Crippen MR) is 91.7 cm³/mol. The summed E-state index contributed by atoms with van der Waals surface area (Å²) in [6.45, 7) is 9.04. The van der Waals surface area contributed by atoms with Crippen molar-refractivity contribution in [3.8, 4) is 0 Å². The third-order valence-corrected chi connectivity index (χ3v) is 4.05. The number of rotatable bonds is 6. The minimum absolute atomic E-state index is 0.128. The zero-order valence-corrected chi connectivity index (χ0v) is 15.7. The summed E-state index contributed by atoms with van der Waals surface area (Å²) in [5.74, 6) is -0.249. The van der Waals surface area contributed by atoms with Gasteiger partial charge in [0.1, 0.15) is 5.60 Å². The highest BCUT2D eigenvalue weighted by Crippen LogP contribution is 2.33. The Labute approximate surface area is 145 Å². The lowest BCUT2D eigenvalue weighted by molar-refractivity contribution is -0.147. The van der Waals surface area contributed by atoms with Crippen LogP contribution in [0.3, 0.4) is 0 Å². The van der Waals surface area contributed by atoms with Crippen LogP contribution in [0, 0.1) is 0 Å². The lowest BCUT2D eigenvalue weighted by Crippen LogP contribution is -2.55. The molecular weight excluding hydrogens is 310 g/mol. The number of hydrogen-bond donors (Lipinski definition) is 2. The van der Waals surface area contributed by atoms with E-state index in [1.54, 1.807) is 20.8 Å². The van der Waals surface area contributed by atoms with E-state index < -0.39 is 17.3 Å². The molecule has 0 saturated heterocycles. The van der Waals surface area contributed by atoms with Crippen LogP contribution in [0.2, 0.25) is 0 Å². The summed E-state index contributed by atoms with van der Waals surface area (Å²) in [7, 11) is 0. The monoisotopic (exact) mass is 343 g/mol. The fourth-order valence-electron chi connectivity index (χ4n) is 3.04. The number of esters is 1. The summed E-state index contributed by atoms with van der Waals surface area (Å²) in [5, 5.41) is 13.8. The average Bonchev–Trinajstić information content (AvgIpc) is 2.38. The molecule has 6 nitrogen and oxygen atoms in total. The zero-order chi connectivity index (χ0) is 18.4. The topological polar surface area (TPSA) is 84.9 Å². The molecule has 1 saturated carbocycles. The van der Waals surface area contributed by atoms with Gasteiger partial charge in [-0.2, -0.15) is 0 Å². The highest BCUT2D eigenvalue weighted by Gasteiger charge is 2.40.